The molecule has 2 aliphatic heterocycles. The maximum absolute atomic E-state index is 10.4. The molecule has 2 aromatic rings. The van der Waals surface area contributed by atoms with Crippen LogP contribution in [0, 0.1) is 11.3 Å². The van der Waals surface area contributed by atoms with Crippen LogP contribution in [0.25, 0.3) is 22.5 Å². The van der Waals surface area contributed by atoms with E-state index in [1.165, 1.54) is 11.6 Å². The number of hydrogen-bond donors (Lipinski definition) is 2. The van der Waals surface area contributed by atoms with Crippen LogP contribution in [0.1, 0.15) is 38.3 Å². The van der Waals surface area contributed by atoms with Crippen LogP contribution in [0.15, 0.2) is 60.1 Å². The van der Waals surface area contributed by atoms with E-state index in [2.05, 4.69) is 50.4 Å². The second-order valence-electron chi connectivity index (χ2n) is 8.72. The number of phenols is 1. The highest BCUT2D eigenvalue weighted by Gasteiger charge is 2.33. The van der Waals surface area contributed by atoms with Gasteiger partial charge in [0.25, 0.3) is 0 Å². The van der Waals surface area contributed by atoms with Crippen molar-refractivity contribution in [3.05, 3.63) is 71.2 Å². The summed E-state index contributed by atoms with van der Waals surface area (Å²) in [5, 5.41) is 24.7. The Hall–Kier alpha value is -3.56. The fourth-order valence-corrected chi connectivity index (χ4v) is 5.10. The van der Waals surface area contributed by atoms with Crippen LogP contribution in [0.4, 0.5) is 5.69 Å². The highest BCUT2D eigenvalue weighted by molar-refractivity contribution is 8.02. The molecule has 0 aliphatic carbocycles. The smallest absolute Gasteiger partial charge is 0.172 e. The first-order valence-corrected chi connectivity index (χ1v) is 12.2. The van der Waals surface area contributed by atoms with Crippen LogP contribution >= 0.6 is 11.8 Å². The molecule has 6 heteroatoms. The van der Waals surface area contributed by atoms with Gasteiger partial charge in [-0.05, 0) is 62.4 Å². The number of phenolic OH excluding ortho intramolecular Hbond substituents is 1. The minimum atomic E-state index is -0.154. The average molecular weight is 473 g/mol. The normalized spacial score (nSPS) is 16.8. The Morgan fingerprint density at radius 1 is 1.18 bits per heavy atom. The summed E-state index contributed by atoms with van der Waals surface area (Å²) in [4.78, 5) is 0. The molecule has 2 heterocycles. The van der Waals surface area contributed by atoms with E-state index in [9.17, 15) is 5.11 Å². The number of hydrogen-bond acceptors (Lipinski definition) is 6. The third kappa shape index (κ3) is 4.57. The van der Waals surface area contributed by atoms with Crippen molar-refractivity contribution >= 4 is 28.8 Å². The molecule has 0 fully saturated rings. The molecular formula is C28H28N2O3S. The van der Waals surface area contributed by atoms with Gasteiger partial charge in [-0.2, -0.15) is 5.26 Å². The van der Waals surface area contributed by atoms with E-state index in [-0.39, 0.29) is 11.3 Å². The van der Waals surface area contributed by atoms with Gasteiger partial charge in [0.05, 0.1) is 24.3 Å². The first kappa shape index (κ1) is 23.6. The van der Waals surface area contributed by atoms with Crippen molar-refractivity contribution in [2.24, 2.45) is 0 Å². The summed E-state index contributed by atoms with van der Waals surface area (Å²) in [6.07, 6.45) is 10.4. The van der Waals surface area contributed by atoms with Crippen LogP contribution in [-0.4, -0.2) is 23.5 Å². The topological polar surface area (TPSA) is 74.5 Å². The predicted molar refractivity (Wildman–Crippen MR) is 141 cm³/mol. The lowest BCUT2D eigenvalue weighted by atomic mass is 9.83. The summed E-state index contributed by atoms with van der Waals surface area (Å²) < 4.78 is 12.0. The third-order valence-corrected chi connectivity index (χ3v) is 6.44. The molecule has 0 saturated carbocycles. The highest BCUT2D eigenvalue weighted by Crippen LogP contribution is 2.53. The summed E-state index contributed by atoms with van der Waals surface area (Å²) in [7, 11) is 1.56. The second kappa shape index (κ2) is 9.74. The molecule has 2 N–H and O–H groups in total. The van der Waals surface area contributed by atoms with Crippen molar-refractivity contribution in [2.75, 3.05) is 18.2 Å². The van der Waals surface area contributed by atoms with E-state index in [1.54, 1.807) is 31.0 Å². The van der Waals surface area contributed by atoms with Crippen molar-refractivity contribution in [3.8, 4) is 34.4 Å². The minimum absolute atomic E-state index is 0.0820. The quantitative estimate of drug-likeness (QED) is 0.344. The number of nitrogens with one attached hydrogen (secondary N) is 1. The lowest BCUT2D eigenvalue weighted by Crippen LogP contribution is -2.32. The molecule has 0 saturated heterocycles. The van der Waals surface area contributed by atoms with Crippen LogP contribution in [-0.2, 0) is 0 Å². The van der Waals surface area contributed by atoms with E-state index in [1.807, 2.05) is 23.6 Å². The third-order valence-electron chi connectivity index (χ3n) is 5.69. The van der Waals surface area contributed by atoms with Gasteiger partial charge in [-0.25, -0.2) is 0 Å². The molecule has 0 radical (unpaired) electrons. The Morgan fingerprint density at radius 3 is 2.76 bits per heavy atom. The molecule has 5 nitrogen and oxygen atoms in total. The van der Waals surface area contributed by atoms with Crippen LogP contribution in [0.5, 0.6) is 17.2 Å². The Kier molecular flexibility index (Phi) is 6.76. The summed E-state index contributed by atoms with van der Waals surface area (Å²) in [5.41, 5.74) is 5.89. The fourth-order valence-electron chi connectivity index (χ4n) is 4.49. The molecule has 2 aliphatic rings. The zero-order chi connectivity index (χ0) is 24.3. The van der Waals surface area contributed by atoms with E-state index in [0.717, 1.165) is 45.9 Å². The second-order valence-corrected chi connectivity index (χ2v) is 9.66. The van der Waals surface area contributed by atoms with Crippen LogP contribution in [0.2, 0.25) is 0 Å². The first-order chi connectivity index (χ1) is 16.4. The van der Waals surface area contributed by atoms with Crippen molar-refractivity contribution in [1.29, 1.82) is 5.26 Å². The molecular weight excluding hydrogens is 444 g/mol. The SMILES string of the molecule is COc1c(O)ccc2c1-c1ccc3c(c1/C(=C/CS/C=C\C/C=C/C#N)O2)C(C)=CC(C)(C)N3. The number of aromatic hydroxyl groups is 1. The molecule has 2 aromatic carbocycles. The van der Waals surface area contributed by atoms with Crippen molar-refractivity contribution in [1.82, 2.24) is 0 Å². The van der Waals surface area contributed by atoms with Gasteiger partial charge in [0.2, 0.25) is 0 Å². The van der Waals surface area contributed by atoms with Gasteiger partial charge in [-0.15, -0.1) is 11.8 Å². The Morgan fingerprint density at radius 2 is 2.00 bits per heavy atom. The van der Waals surface area contributed by atoms with E-state index < -0.39 is 0 Å². The number of anilines is 1. The van der Waals surface area contributed by atoms with E-state index in [4.69, 9.17) is 14.7 Å². The number of methoxy groups -OCH3 is 1. The Bertz CT molecular complexity index is 1280. The fraction of sp³-hybridized carbons (Fsp3) is 0.250. The molecule has 0 aromatic heterocycles. The maximum atomic E-state index is 10.4. The minimum Gasteiger partial charge on any atom is -0.504 e. The molecule has 0 atom stereocenters. The number of nitriles is 1. The molecule has 0 unspecified atom stereocenters. The molecule has 174 valence electrons. The van der Waals surface area contributed by atoms with Gasteiger partial charge >= 0.3 is 0 Å². The van der Waals surface area contributed by atoms with Gasteiger partial charge in [0.1, 0.15) is 11.5 Å². The van der Waals surface area contributed by atoms with Crippen molar-refractivity contribution in [2.45, 2.75) is 32.7 Å². The number of thioether (sulfide) groups is 1. The van der Waals surface area contributed by atoms with Crippen molar-refractivity contribution in [3.63, 3.8) is 0 Å². The maximum Gasteiger partial charge on any atom is 0.172 e. The highest BCUT2D eigenvalue weighted by atomic mass is 32.2. The largest absolute Gasteiger partial charge is 0.504 e. The first-order valence-electron chi connectivity index (χ1n) is 11.1. The summed E-state index contributed by atoms with van der Waals surface area (Å²) in [6, 6.07) is 9.53. The van der Waals surface area contributed by atoms with Crippen LogP contribution < -0.4 is 14.8 Å². The average Bonchev–Trinajstić information content (AvgIpc) is 2.79. The molecule has 0 bridgehead atoms. The zero-order valence-corrected chi connectivity index (χ0v) is 20.6. The van der Waals surface area contributed by atoms with Gasteiger partial charge in [-0.3, -0.25) is 0 Å². The molecule has 0 amide bonds. The predicted octanol–water partition coefficient (Wildman–Crippen LogP) is 7.13. The number of allylic oxidation sites excluding steroid dienone is 4. The van der Waals surface area contributed by atoms with Crippen molar-refractivity contribution < 1.29 is 14.6 Å². The van der Waals surface area contributed by atoms with Gasteiger partial charge in [0, 0.05) is 34.2 Å². The van der Waals surface area contributed by atoms with Gasteiger partial charge < -0.3 is 19.9 Å². The number of rotatable bonds is 6. The number of nitrogens with zero attached hydrogens (tertiary/aromatic N) is 1. The Balaban J connectivity index is 1.79. The van der Waals surface area contributed by atoms with Gasteiger partial charge in [-0.1, -0.05) is 24.3 Å². The lowest BCUT2D eigenvalue weighted by molar-refractivity contribution is 0.371. The molecule has 34 heavy (non-hydrogen) atoms. The lowest BCUT2D eigenvalue weighted by Gasteiger charge is -2.35. The van der Waals surface area contributed by atoms with E-state index >= 15 is 0 Å². The standard InChI is InChI=1S/C28H28N2O3S/c1-18-17-28(2,3)30-20-10-9-19-25(24(18)20)23(13-16-34-15-8-6-5-7-14-29)33-22-12-11-21(31)27(32-4)26(19)22/h5,7-13,15,17,30-31H,6,16H2,1-4H3/b7-5+,15-8-,23-13-. The van der Waals surface area contributed by atoms with E-state index in [0.29, 0.717) is 11.5 Å². The van der Waals surface area contributed by atoms with Gasteiger partial charge in [0.15, 0.2) is 11.5 Å². The number of benzene rings is 2. The summed E-state index contributed by atoms with van der Waals surface area (Å²) in [6.45, 7) is 6.43. The zero-order valence-electron chi connectivity index (χ0n) is 19.8. The number of ether oxygens (including phenoxy) is 2. The summed E-state index contributed by atoms with van der Waals surface area (Å²) >= 11 is 1.66. The summed E-state index contributed by atoms with van der Waals surface area (Å²) in [5.74, 6) is 2.65. The molecule has 4 rings (SSSR count). The number of fused-ring (bicyclic) bond motifs is 5. The molecule has 0 spiro atoms. The van der Waals surface area contributed by atoms with Crippen LogP contribution in [0.3, 0.4) is 0 Å². The Labute approximate surface area is 205 Å². The monoisotopic (exact) mass is 472 g/mol.